The Hall–Kier alpha value is -1.69. The second kappa shape index (κ2) is 5.13. The van der Waals surface area contributed by atoms with E-state index in [-0.39, 0.29) is 5.91 Å². The molecule has 0 unspecified atom stereocenters. The summed E-state index contributed by atoms with van der Waals surface area (Å²) in [6.45, 7) is 1.60. The van der Waals surface area contributed by atoms with Gasteiger partial charge in [0, 0.05) is 20.1 Å². The Bertz CT molecular complexity index is 555. The first-order valence-corrected chi connectivity index (χ1v) is 7.36. The van der Waals surface area contributed by atoms with Crippen LogP contribution >= 0.6 is 11.3 Å². The number of aromatic nitrogens is 3. The Morgan fingerprint density at radius 3 is 2.79 bits per heavy atom. The SMILES string of the molecule is Cn1cc(C(=O)N2CCC(c3ccsc3)CC2)nn1. The first-order chi connectivity index (χ1) is 9.24. The summed E-state index contributed by atoms with van der Waals surface area (Å²) in [5.74, 6) is 0.592. The molecule has 1 aliphatic rings. The van der Waals surface area contributed by atoms with Crippen molar-refractivity contribution in [2.45, 2.75) is 18.8 Å². The highest BCUT2D eigenvalue weighted by atomic mass is 32.1. The van der Waals surface area contributed by atoms with Crippen molar-refractivity contribution in [2.24, 2.45) is 7.05 Å². The number of amides is 1. The fourth-order valence-electron chi connectivity index (χ4n) is 2.53. The molecule has 2 aromatic rings. The third-order valence-electron chi connectivity index (χ3n) is 3.62. The highest BCUT2D eigenvalue weighted by Crippen LogP contribution is 2.29. The van der Waals surface area contributed by atoms with E-state index in [9.17, 15) is 4.79 Å². The van der Waals surface area contributed by atoms with Gasteiger partial charge in [-0.3, -0.25) is 9.48 Å². The zero-order valence-corrected chi connectivity index (χ0v) is 11.6. The van der Waals surface area contributed by atoms with Crippen molar-refractivity contribution in [2.75, 3.05) is 13.1 Å². The van der Waals surface area contributed by atoms with Crippen LogP contribution in [0.3, 0.4) is 0 Å². The van der Waals surface area contributed by atoms with Crippen molar-refractivity contribution in [3.8, 4) is 0 Å². The highest BCUT2D eigenvalue weighted by molar-refractivity contribution is 7.07. The number of thiophene rings is 1. The van der Waals surface area contributed by atoms with Crippen molar-refractivity contribution >= 4 is 17.2 Å². The number of hydrogen-bond acceptors (Lipinski definition) is 4. The molecule has 6 heteroatoms. The molecule has 2 aromatic heterocycles. The van der Waals surface area contributed by atoms with Gasteiger partial charge in [-0.2, -0.15) is 11.3 Å². The summed E-state index contributed by atoms with van der Waals surface area (Å²) in [5.41, 5.74) is 1.85. The molecule has 0 saturated carbocycles. The van der Waals surface area contributed by atoms with Crippen LogP contribution in [0, 0.1) is 0 Å². The second-order valence-electron chi connectivity index (χ2n) is 4.90. The van der Waals surface area contributed by atoms with Crippen LogP contribution in [-0.2, 0) is 7.05 Å². The van der Waals surface area contributed by atoms with Crippen molar-refractivity contribution in [3.63, 3.8) is 0 Å². The quantitative estimate of drug-likeness (QED) is 0.841. The number of carbonyl (C=O) groups is 1. The maximum atomic E-state index is 12.2. The number of nitrogens with zero attached hydrogens (tertiary/aromatic N) is 4. The first kappa shape index (κ1) is 12.3. The average Bonchev–Trinajstić information content (AvgIpc) is 3.09. The van der Waals surface area contributed by atoms with Crippen LogP contribution in [0.1, 0.15) is 34.8 Å². The molecule has 0 atom stereocenters. The van der Waals surface area contributed by atoms with E-state index in [2.05, 4.69) is 27.1 Å². The lowest BCUT2D eigenvalue weighted by molar-refractivity contribution is 0.0707. The first-order valence-electron chi connectivity index (χ1n) is 6.42. The van der Waals surface area contributed by atoms with E-state index >= 15 is 0 Å². The molecule has 0 spiro atoms. The number of likely N-dealkylation sites (tertiary alicyclic amines) is 1. The van der Waals surface area contributed by atoms with Gasteiger partial charge in [-0.15, -0.1) is 5.10 Å². The van der Waals surface area contributed by atoms with Gasteiger partial charge in [0.1, 0.15) is 0 Å². The molecule has 1 fully saturated rings. The number of hydrogen-bond donors (Lipinski definition) is 0. The number of piperidine rings is 1. The molecule has 3 rings (SSSR count). The van der Waals surface area contributed by atoms with Crippen LogP contribution in [-0.4, -0.2) is 38.9 Å². The normalized spacial score (nSPS) is 16.8. The van der Waals surface area contributed by atoms with Gasteiger partial charge in [0.25, 0.3) is 5.91 Å². The van der Waals surface area contributed by atoms with E-state index in [0.29, 0.717) is 11.6 Å². The lowest BCUT2D eigenvalue weighted by Gasteiger charge is -2.31. The number of aryl methyl sites for hydroxylation is 1. The van der Waals surface area contributed by atoms with Gasteiger partial charge in [-0.25, -0.2) is 0 Å². The third kappa shape index (κ3) is 2.53. The van der Waals surface area contributed by atoms with Gasteiger partial charge < -0.3 is 4.90 Å². The summed E-state index contributed by atoms with van der Waals surface area (Å²) < 4.78 is 1.56. The zero-order valence-electron chi connectivity index (χ0n) is 10.8. The maximum absolute atomic E-state index is 12.2. The summed E-state index contributed by atoms with van der Waals surface area (Å²) in [7, 11) is 1.77. The standard InChI is InChI=1S/C13H16N4OS/c1-16-8-12(14-15-16)13(18)17-5-2-10(3-6-17)11-4-7-19-9-11/h4,7-10H,2-3,5-6H2,1H3. The molecular weight excluding hydrogens is 260 g/mol. The Morgan fingerprint density at radius 1 is 1.42 bits per heavy atom. The van der Waals surface area contributed by atoms with E-state index in [0.717, 1.165) is 25.9 Å². The predicted octanol–water partition coefficient (Wildman–Crippen LogP) is 1.90. The molecule has 0 aromatic carbocycles. The number of rotatable bonds is 2. The lowest BCUT2D eigenvalue weighted by Crippen LogP contribution is -2.38. The van der Waals surface area contributed by atoms with Crippen LogP contribution in [0.25, 0.3) is 0 Å². The molecule has 1 amide bonds. The molecule has 0 N–H and O–H groups in total. The Balaban J connectivity index is 1.62. The summed E-state index contributed by atoms with van der Waals surface area (Å²) in [5, 5.41) is 12.0. The van der Waals surface area contributed by atoms with Gasteiger partial charge in [0.15, 0.2) is 5.69 Å². The van der Waals surface area contributed by atoms with E-state index < -0.39 is 0 Å². The molecule has 19 heavy (non-hydrogen) atoms. The van der Waals surface area contributed by atoms with Gasteiger partial charge in [0.05, 0.1) is 6.20 Å². The molecule has 5 nitrogen and oxygen atoms in total. The van der Waals surface area contributed by atoms with Gasteiger partial charge in [-0.05, 0) is 41.1 Å². The third-order valence-corrected chi connectivity index (χ3v) is 4.32. The zero-order chi connectivity index (χ0) is 13.2. The van der Waals surface area contributed by atoms with E-state index in [4.69, 9.17) is 0 Å². The predicted molar refractivity (Wildman–Crippen MR) is 73.2 cm³/mol. The van der Waals surface area contributed by atoms with Gasteiger partial charge >= 0.3 is 0 Å². The molecule has 1 aliphatic heterocycles. The molecule has 100 valence electrons. The largest absolute Gasteiger partial charge is 0.337 e. The van der Waals surface area contributed by atoms with Crippen LogP contribution in [0.4, 0.5) is 0 Å². The summed E-state index contributed by atoms with van der Waals surface area (Å²) in [6.07, 6.45) is 3.73. The molecule has 0 aliphatic carbocycles. The molecule has 3 heterocycles. The molecule has 1 saturated heterocycles. The highest BCUT2D eigenvalue weighted by Gasteiger charge is 2.25. The second-order valence-corrected chi connectivity index (χ2v) is 5.68. The molecule has 0 radical (unpaired) electrons. The minimum Gasteiger partial charge on any atom is -0.337 e. The average molecular weight is 276 g/mol. The monoisotopic (exact) mass is 276 g/mol. The van der Waals surface area contributed by atoms with Crippen LogP contribution in [0.15, 0.2) is 23.0 Å². The van der Waals surface area contributed by atoms with Crippen molar-refractivity contribution in [1.82, 2.24) is 19.9 Å². The summed E-state index contributed by atoms with van der Waals surface area (Å²) in [4.78, 5) is 14.1. The van der Waals surface area contributed by atoms with E-state index in [1.807, 2.05) is 4.90 Å². The van der Waals surface area contributed by atoms with Crippen molar-refractivity contribution in [3.05, 3.63) is 34.3 Å². The Kier molecular flexibility index (Phi) is 3.33. The minimum absolute atomic E-state index is 0.00290. The van der Waals surface area contributed by atoms with Crippen LogP contribution in [0.5, 0.6) is 0 Å². The van der Waals surface area contributed by atoms with Gasteiger partial charge in [0.2, 0.25) is 0 Å². The van der Waals surface area contributed by atoms with Crippen molar-refractivity contribution in [1.29, 1.82) is 0 Å². The van der Waals surface area contributed by atoms with E-state index in [1.54, 1.807) is 29.3 Å². The fraction of sp³-hybridized carbons (Fsp3) is 0.462. The van der Waals surface area contributed by atoms with Crippen LogP contribution < -0.4 is 0 Å². The Morgan fingerprint density at radius 2 is 2.21 bits per heavy atom. The summed E-state index contributed by atoms with van der Waals surface area (Å²) in [6, 6.07) is 2.19. The van der Waals surface area contributed by atoms with E-state index in [1.165, 1.54) is 5.56 Å². The molecular formula is C13H16N4OS. The number of carbonyl (C=O) groups excluding carboxylic acids is 1. The van der Waals surface area contributed by atoms with Crippen molar-refractivity contribution < 1.29 is 4.79 Å². The lowest BCUT2D eigenvalue weighted by atomic mass is 9.91. The minimum atomic E-state index is -0.00290. The molecule has 0 bridgehead atoms. The topological polar surface area (TPSA) is 51.0 Å². The fourth-order valence-corrected chi connectivity index (χ4v) is 3.27. The maximum Gasteiger partial charge on any atom is 0.276 e. The smallest absolute Gasteiger partial charge is 0.276 e. The van der Waals surface area contributed by atoms with Crippen LogP contribution in [0.2, 0.25) is 0 Å². The Labute approximate surface area is 115 Å². The summed E-state index contributed by atoms with van der Waals surface area (Å²) >= 11 is 1.74. The van der Waals surface area contributed by atoms with Gasteiger partial charge in [-0.1, -0.05) is 5.21 Å².